The Bertz CT molecular complexity index is 552. The summed E-state index contributed by atoms with van der Waals surface area (Å²) in [6, 6.07) is 2.25. The number of carbonyl (C=O) groups excluding carboxylic acids is 1. The number of ketones is 1. The Morgan fingerprint density at radius 1 is 1.32 bits per heavy atom. The number of carbonyl (C=O) groups is 1. The van der Waals surface area contributed by atoms with Crippen LogP contribution in [0.15, 0.2) is 18.2 Å². The van der Waals surface area contributed by atoms with Crippen LogP contribution in [0.4, 0.5) is 8.78 Å². The molecule has 1 unspecified atom stereocenters. The maximum absolute atomic E-state index is 13.3. The fourth-order valence-corrected chi connectivity index (χ4v) is 2.19. The summed E-state index contributed by atoms with van der Waals surface area (Å²) in [5, 5.41) is 0. The van der Waals surface area contributed by atoms with Crippen LogP contribution in [-0.2, 0) is 21.1 Å². The maximum Gasteiger partial charge on any atom is 0.154 e. The summed E-state index contributed by atoms with van der Waals surface area (Å²) in [5.74, 6) is -2.46. The standard InChI is InChI=1S/C12H15F2NO3S/c1-19(17,18)6-5-11(15)12(16)7-8-9(13)3-2-4-10(8)14/h2-4,11H,5-7,15H2,1H3. The second kappa shape index (κ2) is 6.21. The molecule has 2 N–H and O–H groups in total. The number of benzene rings is 1. The largest absolute Gasteiger partial charge is 0.321 e. The molecular weight excluding hydrogens is 276 g/mol. The van der Waals surface area contributed by atoms with Gasteiger partial charge in [-0.25, -0.2) is 17.2 Å². The van der Waals surface area contributed by atoms with Gasteiger partial charge in [0.15, 0.2) is 5.78 Å². The van der Waals surface area contributed by atoms with Gasteiger partial charge in [-0.2, -0.15) is 0 Å². The van der Waals surface area contributed by atoms with E-state index in [0.717, 1.165) is 18.4 Å². The first-order valence-electron chi connectivity index (χ1n) is 5.59. The highest BCUT2D eigenvalue weighted by molar-refractivity contribution is 7.90. The zero-order valence-corrected chi connectivity index (χ0v) is 11.2. The molecule has 7 heteroatoms. The van der Waals surface area contributed by atoms with Crippen molar-refractivity contribution < 1.29 is 22.0 Å². The number of Topliss-reactive ketones (excluding diaryl/α,β-unsaturated/α-hetero) is 1. The minimum Gasteiger partial charge on any atom is -0.321 e. The van der Waals surface area contributed by atoms with Gasteiger partial charge in [-0.3, -0.25) is 4.79 Å². The predicted octanol–water partition coefficient (Wildman–Crippen LogP) is 0.838. The van der Waals surface area contributed by atoms with Crippen molar-refractivity contribution in [3.8, 4) is 0 Å². The van der Waals surface area contributed by atoms with Crippen LogP contribution in [-0.4, -0.2) is 32.3 Å². The summed E-state index contributed by atoms with van der Waals surface area (Å²) < 4.78 is 48.5. The van der Waals surface area contributed by atoms with E-state index in [-0.39, 0.29) is 17.7 Å². The Morgan fingerprint density at radius 2 is 1.84 bits per heavy atom. The molecule has 0 aliphatic carbocycles. The van der Waals surface area contributed by atoms with E-state index in [1.165, 1.54) is 6.07 Å². The summed E-state index contributed by atoms with van der Waals surface area (Å²) in [6.07, 6.45) is 0.484. The molecule has 0 aliphatic rings. The van der Waals surface area contributed by atoms with Crippen molar-refractivity contribution in [2.75, 3.05) is 12.0 Å². The molecule has 19 heavy (non-hydrogen) atoms. The van der Waals surface area contributed by atoms with E-state index in [0.29, 0.717) is 0 Å². The number of hydrogen-bond acceptors (Lipinski definition) is 4. The summed E-state index contributed by atoms with van der Waals surface area (Å²) in [5.41, 5.74) is 5.17. The van der Waals surface area contributed by atoms with E-state index in [9.17, 15) is 22.0 Å². The molecule has 1 aromatic carbocycles. The summed E-state index contributed by atoms with van der Waals surface area (Å²) in [6.45, 7) is 0. The van der Waals surface area contributed by atoms with E-state index in [4.69, 9.17) is 5.73 Å². The monoisotopic (exact) mass is 291 g/mol. The van der Waals surface area contributed by atoms with Crippen LogP contribution in [0.1, 0.15) is 12.0 Å². The van der Waals surface area contributed by atoms with Crippen LogP contribution in [0.2, 0.25) is 0 Å². The molecule has 1 atom stereocenters. The minimum atomic E-state index is -3.22. The van der Waals surface area contributed by atoms with Gasteiger partial charge >= 0.3 is 0 Å². The quantitative estimate of drug-likeness (QED) is 0.842. The smallest absolute Gasteiger partial charge is 0.154 e. The van der Waals surface area contributed by atoms with E-state index >= 15 is 0 Å². The molecule has 0 fully saturated rings. The summed E-state index contributed by atoms with van der Waals surface area (Å²) >= 11 is 0. The van der Waals surface area contributed by atoms with Crippen LogP contribution in [0, 0.1) is 11.6 Å². The summed E-state index contributed by atoms with van der Waals surface area (Å²) in [7, 11) is -3.22. The van der Waals surface area contributed by atoms with Crippen LogP contribution >= 0.6 is 0 Å². The Labute approximate surface area is 110 Å². The maximum atomic E-state index is 13.3. The van der Waals surface area contributed by atoms with Crippen molar-refractivity contribution in [3.05, 3.63) is 35.4 Å². The zero-order valence-electron chi connectivity index (χ0n) is 10.4. The van der Waals surface area contributed by atoms with Crippen LogP contribution < -0.4 is 5.73 Å². The third kappa shape index (κ3) is 5.04. The molecule has 106 valence electrons. The van der Waals surface area contributed by atoms with Crippen LogP contribution in [0.3, 0.4) is 0 Å². The lowest BCUT2D eigenvalue weighted by Gasteiger charge is -2.10. The second-order valence-corrected chi connectivity index (χ2v) is 6.63. The SMILES string of the molecule is CS(=O)(=O)CCC(N)C(=O)Cc1c(F)cccc1F. The van der Waals surface area contributed by atoms with Gasteiger partial charge in [0.05, 0.1) is 11.8 Å². The van der Waals surface area contributed by atoms with Gasteiger partial charge in [-0.05, 0) is 18.6 Å². The fraction of sp³-hybridized carbons (Fsp3) is 0.417. The number of rotatable bonds is 6. The van der Waals surface area contributed by atoms with Gasteiger partial charge in [-0.1, -0.05) is 6.07 Å². The van der Waals surface area contributed by atoms with Gasteiger partial charge in [0.1, 0.15) is 21.5 Å². The Morgan fingerprint density at radius 3 is 2.32 bits per heavy atom. The Kier molecular flexibility index (Phi) is 5.13. The number of halogens is 2. The van der Waals surface area contributed by atoms with Crippen molar-refractivity contribution in [2.24, 2.45) is 5.73 Å². The molecule has 4 nitrogen and oxygen atoms in total. The minimum absolute atomic E-state index is 0.0618. The normalized spacial score (nSPS) is 13.3. The topological polar surface area (TPSA) is 77.2 Å². The van der Waals surface area contributed by atoms with E-state index < -0.39 is 39.7 Å². The Balaban J connectivity index is 2.69. The fourth-order valence-electron chi connectivity index (χ4n) is 1.51. The lowest BCUT2D eigenvalue weighted by Crippen LogP contribution is -2.34. The van der Waals surface area contributed by atoms with E-state index in [1.807, 2.05) is 0 Å². The molecule has 0 heterocycles. The number of sulfone groups is 1. The van der Waals surface area contributed by atoms with Crippen molar-refractivity contribution in [3.63, 3.8) is 0 Å². The molecule has 0 bridgehead atoms. The van der Waals surface area contributed by atoms with Crippen molar-refractivity contribution >= 4 is 15.6 Å². The summed E-state index contributed by atoms with van der Waals surface area (Å²) in [4.78, 5) is 11.7. The first-order chi connectivity index (χ1) is 8.70. The second-order valence-electron chi connectivity index (χ2n) is 4.37. The molecule has 0 aromatic heterocycles. The zero-order chi connectivity index (χ0) is 14.6. The molecule has 1 rings (SSSR count). The highest BCUT2D eigenvalue weighted by Gasteiger charge is 2.19. The predicted molar refractivity (Wildman–Crippen MR) is 67.4 cm³/mol. The molecule has 0 saturated heterocycles. The molecular formula is C12H15F2NO3S. The van der Waals surface area contributed by atoms with Gasteiger partial charge in [-0.15, -0.1) is 0 Å². The average molecular weight is 291 g/mol. The highest BCUT2D eigenvalue weighted by Crippen LogP contribution is 2.14. The van der Waals surface area contributed by atoms with Gasteiger partial charge in [0.25, 0.3) is 0 Å². The third-order valence-corrected chi connectivity index (χ3v) is 3.60. The van der Waals surface area contributed by atoms with Crippen molar-refractivity contribution in [1.29, 1.82) is 0 Å². The van der Waals surface area contributed by atoms with Crippen LogP contribution in [0.5, 0.6) is 0 Å². The highest BCUT2D eigenvalue weighted by atomic mass is 32.2. The molecule has 0 radical (unpaired) electrons. The number of hydrogen-bond donors (Lipinski definition) is 1. The first kappa shape index (κ1) is 15.7. The first-order valence-corrected chi connectivity index (χ1v) is 7.65. The lowest BCUT2D eigenvalue weighted by molar-refractivity contribution is -0.119. The number of nitrogens with two attached hydrogens (primary N) is 1. The Hall–Kier alpha value is -1.34. The van der Waals surface area contributed by atoms with Crippen molar-refractivity contribution in [2.45, 2.75) is 18.9 Å². The third-order valence-electron chi connectivity index (χ3n) is 2.63. The lowest BCUT2D eigenvalue weighted by atomic mass is 10.0. The van der Waals surface area contributed by atoms with Crippen molar-refractivity contribution in [1.82, 2.24) is 0 Å². The van der Waals surface area contributed by atoms with Gasteiger partial charge in [0, 0.05) is 18.2 Å². The van der Waals surface area contributed by atoms with Gasteiger partial charge < -0.3 is 5.73 Å². The molecule has 0 saturated carbocycles. The molecule has 0 amide bonds. The van der Waals surface area contributed by atoms with Crippen LogP contribution in [0.25, 0.3) is 0 Å². The molecule has 0 aliphatic heterocycles. The molecule has 0 spiro atoms. The van der Waals surface area contributed by atoms with E-state index in [2.05, 4.69) is 0 Å². The average Bonchev–Trinajstić information content (AvgIpc) is 2.29. The van der Waals surface area contributed by atoms with E-state index in [1.54, 1.807) is 0 Å². The van der Waals surface area contributed by atoms with Gasteiger partial charge in [0.2, 0.25) is 0 Å². The molecule has 1 aromatic rings.